The second-order valence-corrected chi connectivity index (χ2v) is 6.50. The molecule has 0 bridgehead atoms. The summed E-state index contributed by atoms with van der Waals surface area (Å²) in [6.45, 7) is 6.10. The van der Waals surface area contributed by atoms with E-state index in [1.54, 1.807) is 24.3 Å². The summed E-state index contributed by atoms with van der Waals surface area (Å²) >= 11 is 1.46. The van der Waals surface area contributed by atoms with Crippen LogP contribution in [-0.2, 0) is 4.79 Å². The summed E-state index contributed by atoms with van der Waals surface area (Å²) in [6, 6.07) is 7.04. The van der Waals surface area contributed by atoms with Crippen LogP contribution >= 0.6 is 11.3 Å². The maximum absolute atomic E-state index is 12.0. The molecule has 8 nitrogen and oxygen atoms in total. The number of anilines is 1. The van der Waals surface area contributed by atoms with E-state index in [-0.39, 0.29) is 12.6 Å². The van der Waals surface area contributed by atoms with Crippen LogP contribution in [0, 0.1) is 13.8 Å². The molecule has 3 rings (SSSR count). The molecule has 0 unspecified atom stereocenters. The van der Waals surface area contributed by atoms with Crippen LogP contribution in [0.4, 0.5) is 6.01 Å². The van der Waals surface area contributed by atoms with Gasteiger partial charge in [-0.1, -0.05) is 5.10 Å². The fourth-order valence-electron chi connectivity index (χ4n) is 2.20. The highest BCUT2D eigenvalue weighted by Crippen LogP contribution is 2.29. The molecule has 1 N–H and O–H groups in total. The Hall–Kier alpha value is -2.94. The molecule has 0 aliphatic carbocycles. The van der Waals surface area contributed by atoms with Gasteiger partial charge in [-0.3, -0.25) is 10.1 Å². The zero-order valence-corrected chi connectivity index (χ0v) is 15.4. The highest BCUT2D eigenvalue weighted by Gasteiger charge is 2.16. The van der Waals surface area contributed by atoms with Crippen molar-refractivity contribution in [3.63, 3.8) is 0 Å². The quantitative estimate of drug-likeness (QED) is 0.678. The van der Waals surface area contributed by atoms with E-state index >= 15 is 0 Å². The topological polar surface area (TPSA) is 99.4 Å². The van der Waals surface area contributed by atoms with Gasteiger partial charge in [0.15, 0.2) is 6.61 Å². The molecule has 0 spiro atoms. The third kappa shape index (κ3) is 4.37. The predicted octanol–water partition coefficient (Wildman–Crippen LogP) is 3.23. The molecule has 0 atom stereocenters. The minimum Gasteiger partial charge on any atom is -0.494 e. The van der Waals surface area contributed by atoms with E-state index in [1.165, 1.54) is 11.3 Å². The van der Waals surface area contributed by atoms with Gasteiger partial charge in [-0.25, -0.2) is 4.98 Å². The lowest BCUT2D eigenvalue weighted by Gasteiger charge is -2.07. The van der Waals surface area contributed by atoms with Gasteiger partial charge in [0.2, 0.25) is 0 Å². The van der Waals surface area contributed by atoms with Gasteiger partial charge in [0.25, 0.3) is 11.8 Å². The standard InChI is InChI=1S/C17H18N4O4S/c1-4-23-12-5-7-13(8-6-12)24-9-14(22)19-17-21-20-16(25-17)15-10(2)18-11(3)26-15/h5-8H,4,9H2,1-3H3,(H,19,21,22). The number of hydrogen-bond acceptors (Lipinski definition) is 8. The predicted molar refractivity (Wildman–Crippen MR) is 96.6 cm³/mol. The van der Waals surface area contributed by atoms with Gasteiger partial charge in [-0.05, 0) is 45.0 Å². The molecule has 0 saturated carbocycles. The van der Waals surface area contributed by atoms with Crippen LogP contribution in [0.2, 0.25) is 0 Å². The lowest BCUT2D eigenvalue weighted by Crippen LogP contribution is -2.20. The van der Waals surface area contributed by atoms with Crippen LogP contribution in [0.1, 0.15) is 17.6 Å². The Kier molecular flexibility index (Phi) is 5.47. The summed E-state index contributed by atoms with van der Waals surface area (Å²) in [5.41, 5.74) is 0.813. The van der Waals surface area contributed by atoms with Crippen LogP contribution in [0.3, 0.4) is 0 Å². The number of nitrogens with one attached hydrogen (secondary N) is 1. The van der Waals surface area contributed by atoms with Gasteiger partial charge < -0.3 is 13.9 Å². The van der Waals surface area contributed by atoms with E-state index in [9.17, 15) is 4.79 Å². The van der Waals surface area contributed by atoms with Crippen molar-refractivity contribution in [2.24, 2.45) is 0 Å². The smallest absolute Gasteiger partial charge is 0.322 e. The van der Waals surface area contributed by atoms with Crippen molar-refractivity contribution in [3.8, 4) is 22.3 Å². The molecular weight excluding hydrogens is 356 g/mol. The van der Waals surface area contributed by atoms with Crippen molar-refractivity contribution in [2.45, 2.75) is 20.8 Å². The summed E-state index contributed by atoms with van der Waals surface area (Å²) in [5, 5.41) is 11.2. The van der Waals surface area contributed by atoms with E-state index in [4.69, 9.17) is 13.9 Å². The van der Waals surface area contributed by atoms with Crippen LogP contribution in [-0.4, -0.2) is 34.3 Å². The molecule has 26 heavy (non-hydrogen) atoms. The van der Waals surface area contributed by atoms with E-state index in [0.29, 0.717) is 18.2 Å². The van der Waals surface area contributed by atoms with Gasteiger partial charge in [-0.2, -0.15) is 0 Å². The number of carbonyl (C=O) groups excluding carboxylic acids is 1. The van der Waals surface area contributed by atoms with Crippen LogP contribution in [0.5, 0.6) is 11.5 Å². The molecule has 0 aliphatic rings. The van der Waals surface area contributed by atoms with Crippen molar-refractivity contribution in [1.82, 2.24) is 15.2 Å². The van der Waals surface area contributed by atoms with Crippen molar-refractivity contribution in [2.75, 3.05) is 18.5 Å². The Labute approximate surface area is 154 Å². The maximum Gasteiger partial charge on any atom is 0.322 e. The van der Waals surface area contributed by atoms with Gasteiger partial charge in [0.05, 0.1) is 17.3 Å². The number of aryl methyl sites for hydroxylation is 2. The Morgan fingerprint density at radius 3 is 2.46 bits per heavy atom. The summed E-state index contributed by atoms with van der Waals surface area (Å²) in [5.74, 6) is 1.24. The largest absolute Gasteiger partial charge is 0.494 e. The number of benzene rings is 1. The lowest BCUT2D eigenvalue weighted by atomic mass is 10.3. The van der Waals surface area contributed by atoms with E-state index in [2.05, 4.69) is 20.5 Å². The average molecular weight is 374 g/mol. The third-order valence-electron chi connectivity index (χ3n) is 3.27. The van der Waals surface area contributed by atoms with Gasteiger partial charge in [-0.15, -0.1) is 16.4 Å². The minimum atomic E-state index is -0.397. The zero-order valence-electron chi connectivity index (χ0n) is 14.6. The Balaban J connectivity index is 1.54. The van der Waals surface area contributed by atoms with Crippen molar-refractivity contribution < 1.29 is 18.7 Å². The number of ether oxygens (including phenoxy) is 2. The summed E-state index contributed by atoms with van der Waals surface area (Å²) in [7, 11) is 0. The molecular formula is C17H18N4O4S. The molecule has 1 amide bonds. The van der Waals surface area contributed by atoms with Crippen molar-refractivity contribution >= 4 is 23.3 Å². The third-order valence-corrected chi connectivity index (χ3v) is 4.33. The Bertz CT molecular complexity index is 889. The highest BCUT2D eigenvalue weighted by atomic mass is 32.1. The van der Waals surface area contributed by atoms with Crippen molar-refractivity contribution in [1.29, 1.82) is 0 Å². The van der Waals surface area contributed by atoms with Crippen LogP contribution in [0.25, 0.3) is 10.8 Å². The molecule has 1 aromatic carbocycles. The van der Waals surface area contributed by atoms with E-state index in [0.717, 1.165) is 21.3 Å². The fourth-order valence-corrected chi connectivity index (χ4v) is 3.04. The average Bonchev–Trinajstić information content (AvgIpc) is 3.20. The first-order valence-corrected chi connectivity index (χ1v) is 8.80. The number of thiazole rings is 1. The summed E-state index contributed by atoms with van der Waals surface area (Å²) < 4.78 is 16.2. The number of nitrogens with zero attached hydrogens (tertiary/aromatic N) is 3. The highest BCUT2D eigenvalue weighted by molar-refractivity contribution is 7.15. The number of hydrogen-bond donors (Lipinski definition) is 1. The first-order chi connectivity index (χ1) is 12.5. The zero-order chi connectivity index (χ0) is 18.5. The monoisotopic (exact) mass is 374 g/mol. The van der Waals surface area contributed by atoms with E-state index in [1.807, 2.05) is 20.8 Å². The first kappa shape index (κ1) is 17.9. The molecule has 2 aromatic heterocycles. The molecule has 0 aliphatic heterocycles. The van der Waals surface area contributed by atoms with Gasteiger partial charge >= 0.3 is 6.01 Å². The Morgan fingerprint density at radius 2 is 1.85 bits per heavy atom. The van der Waals surface area contributed by atoms with Crippen molar-refractivity contribution in [3.05, 3.63) is 35.0 Å². The SMILES string of the molecule is CCOc1ccc(OCC(=O)Nc2nnc(-c3sc(C)nc3C)o2)cc1. The second-order valence-electron chi connectivity index (χ2n) is 5.30. The molecule has 0 radical (unpaired) electrons. The number of rotatable bonds is 7. The minimum absolute atomic E-state index is 0.0192. The van der Waals surface area contributed by atoms with Crippen LogP contribution in [0.15, 0.2) is 28.7 Å². The summed E-state index contributed by atoms with van der Waals surface area (Å²) in [6.07, 6.45) is 0. The molecule has 0 saturated heterocycles. The van der Waals surface area contributed by atoms with E-state index < -0.39 is 5.91 Å². The molecule has 3 aromatic rings. The van der Waals surface area contributed by atoms with Crippen LogP contribution < -0.4 is 14.8 Å². The fraction of sp³-hybridized carbons (Fsp3) is 0.294. The second kappa shape index (κ2) is 7.96. The number of amides is 1. The molecule has 9 heteroatoms. The number of carbonyl (C=O) groups is 1. The lowest BCUT2D eigenvalue weighted by molar-refractivity contribution is -0.118. The maximum atomic E-state index is 12.0. The normalized spacial score (nSPS) is 10.6. The number of aromatic nitrogens is 3. The Morgan fingerprint density at radius 1 is 1.15 bits per heavy atom. The first-order valence-electron chi connectivity index (χ1n) is 7.98. The summed E-state index contributed by atoms with van der Waals surface area (Å²) in [4.78, 5) is 17.1. The molecule has 2 heterocycles. The molecule has 136 valence electrons. The molecule has 0 fully saturated rings. The van der Waals surface area contributed by atoms with Gasteiger partial charge in [0.1, 0.15) is 16.4 Å². The van der Waals surface area contributed by atoms with Gasteiger partial charge in [0, 0.05) is 0 Å².